The van der Waals surface area contributed by atoms with Crippen LogP contribution in [0.4, 0.5) is 5.82 Å². The number of aromatic nitrogens is 3. The Morgan fingerprint density at radius 2 is 1.76 bits per heavy atom. The molecular formula is C22H27N5O2. The molecule has 7 nitrogen and oxygen atoms in total. The van der Waals surface area contributed by atoms with Crippen LogP contribution in [-0.2, 0) is 0 Å². The Kier molecular flexibility index (Phi) is 6.36. The van der Waals surface area contributed by atoms with E-state index in [4.69, 9.17) is 9.15 Å². The van der Waals surface area contributed by atoms with Crippen LogP contribution in [0.2, 0.25) is 0 Å². The standard InChI is InChI=1S/C22H27N5O2/c1-28-18-10-8-17(9-11-18)21-25-26-22(29-21)19-7-6-12-23-20(19)24-13-16-27-14-4-2-3-5-15-27/h6-12H,2-5,13-16H2,1H3,(H,23,24). The predicted molar refractivity (Wildman–Crippen MR) is 113 cm³/mol. The molecule has 0 atom stereocenters. The minimum absolute atomic E-state index is 0.459. The molecule has 0 saturated carbocycles. The SMILES string of the molecule is COc1ccc(-c2nnc(-c3cccnc3NCCN3CCCCCC3)o2)cc1. The van der Waals surface area contributed by atoms with E-state index >= 15 is 0 Å². The van der Waals surface area contributed by atoms with Gasteiger partial charge in [0, 0.05) is 24.8 Å². The predicted octanol–water partition coefficient (Wildman–Crippen LogP) is 4.10. The van der Waals surface area contributed by atoms with Crippen molar-refractivity contribution >= 4 is 5.82 Å². The number of hydrogen-bond acceptors (Lipinski definition) is 7. The zero-order chi connectivity index (χ0) is 19.9. The molecule has 3 heterocycles. The Hall–Kier alpha value is -2.93. The number of hydrogen-bond donors (Lipinski definition) is 1. The largest absolute Gasteiger partial charge is 0.497 e. The van der Waals surface area contributed by atoms with Crippen molar-refractivity contribution < 1.29 is 9.15 Å². The number of nitrogens with one attached hydrogen (secondary N) is 1. The van der Waals surface area contributed by atoms with Crippen molar-refractivity contribution in [2.75, 3.05) is 38.6 Å². The molecule has 0 amide bonds. The summed E-state index contributed by atoms with van der Waals surface area (Å²) in [7, 11) is 1.64. The normalized spacial score (nSPS) is 15.1. The Morgan fingerprint density at radius 1 is 1.00 bits per heavy atom. The Bertz CT molecular complexity index is 902. The van der Waals surface area contributed by atoms with Gasteiger partial charge in [0.15, 0.2) is 0 Å². The molecule has 4 rings (SSSR count). The third-order valence-electron chi connectivity index (χ3n) is 5.22. The van der Waals surface area contributed by atoms with Gasteiger partial charge in [0.05, 0.1) is 12.7 Å². The van der Waals surface area contributed by atoms with Crippen molar-refractivity contribution in [3.8, 4) is 28.7 Å². The lowest BCUT2D eigenvalue weighted by atomic mass is 10.2. The molecule has 2 aromatic heterocycles. The van der Waals surface area contributed by atoms with E-state index in [2.05, 4.69) is 25.4 Å². The summed E-state index contributed by atoms with van der Waals surface area (Å²) in [6, 6.07) is 11.4. The highest BCUT2D eigenvalue weighted by atomic mass is 16.5. The lowest BCUT2D eigenvalue weighted by Gasteiger charge is -2.20. The maximum Gasteiger partial charge on any atom is 0.251 e. The average Bonchev–Trinajstić information content (AvgIpc) is 3.11. The fourth-order valence-corrected chi connectivity index (χ4v) is 3.59. The fraction of sp³-hybridized carbons (Fsp3) is 0.409. The smallest absolute Gasteiger partial charge is 0.251 e. The third kappa shape index (κ3) is 4.92. The molecule has 1 saturated heterocycles. The Morgan fingerprint density at radius 3 is 2.52 bits per heavy atom. The Balaban J connectivity index is 1.44. The summed E-state index contributed by atoms with van der Waals surface area (Å²) < 4.78 is 11.1. The van der Waals surface area contributed by atoms with Crippen LogP contribution in [0.15, 0.2) is 47.0 Å². The topological polar surface area (TPSA) is 76.3 Å². The van der Waals surface area contributed by atoms with Gasteiger partial charge in [-0.15, -0.1) is 10.2 Å². The number of benzene rings is 1. The molecule has 29 heavy (non-hydrogen) atoms. The van der Waals surface area contributed by atoms with Gasteiger partial charge in [-0.05, 0) is 62.3 Å². The highest BCUT2D eigenvalue weighted by Gasteiger charge is 2.15. The van der Waals surface area contributed by atoms with E-state index in [1.54, 1.807) is 13.3 Å². The van der Waals surface area contributed by atoms with Crippen molar-refractivity contribution in [3.05, 3.63) is 42.6 Å². The first kappa shape index (κ1) is 19.4. The van der Waals surface area contributed by atoms with Crippen LogP contribution >= 0.6 is 0 Å². The van der Waals surface area contributed by atoms with Crippen molar-refractivity contribution in [1.29, 1.82) is 0 Å². The quantitative estimate of drug-likeness (QED) is 0.648. The van der Waals surface area contributed by atoms with Gasteiger partial charge in [0.25, 0.3) is 5.89 Å². The van der Waals surface area contributed by atoms with Gasteiger partial charge in [-0.3, -0.25) is 0 Å². The molecule has 0 unspecified atom stereocenters. The van der Waals surface area contributed by atoms with E-state index < -0.39 is 0 Å². The second kappa shape index (κ2) is 9.52. The van der Waals surface area contributed by atoms with E-state index in [1.165, 1.54) is 38.8 Å². The first-order valence-corrected chi connectivity index (χ1v) is 10.2. The zero-order valence-corrected chi connectivity index (χ0v) is 16.8. The number of likely N-dealkylation sites (tertiary alicyclic amines) is 1. The maximum absolute atomic E-state index is 5.93. The molecule has 1 aliphatic rings. The summed E-state index contributed by atoms with van der Waals surface area (Å²) in [6.45, 7) is 4.22. The summed E-state index contributed by atoms with van der Waals surface area (Å²) in [5, 5.41) is 11.9. The molecule has 0 radical (unpaired) electrons. The van der Waals surface area contributed by atoms with Crippen molar-refractivity contribution in [3.63, 3.8) is 0 Å². The Labute approximate surface area is 171 Å². The van der Waals surface area contributed by atoms with Crippen molar-refractivity contribution in [1.82, 2.24) is 20.1 Å². The molecular weight excluding hydrogens is 366 g/mol. The number of ether oxygens (including phenoxy) is 1. The molecule has 3 aromatic rings. The summed E-state index contributed by atoms with van der Waals surface area (Å²) in [5.74, 6) is 2.49. The lowest BCUT2D eigenvalue weighted by Crippen LogP contribution is -2.30. The first-order valence-electron chi connectivity index (χ1n) is 10.2. The second-order valence-corrected chi connectivity index (χ2v) is 7.22. The summed E-state index contributed by atoms with van der Waals surface area (Å²) in [5.41, 5.74) is 1.67. The highest BCUT2D eigenvalue weighted by Crippen LogP contribution is 2.28. The van der Waals surface area contributed by atoms with Crippen LogP contribution in [0.1, 0.15) is 25.7 Å². The maximum atomic E-state index is 5.93. The molecule has 1 aliphatic heterocycles. The van der Waals surface area contributed by atoms with E-state index in [1.807, 2.05) is 36.4 Å². The first-order chi connectivity index (χ1) is 14.3. The number of rotatable bonds is 7. The van der Waals surface area contributed by atoms with Gasteiger partial charge in [-0.2, -0.15) is 0 Å². The molecule has 0 aliphatic carbocycles. The van der Waals surface area contributed by atoms with Crippen molar-refractivity contribution in [2.24, 2.45) is 0 Å². The van der Waals surface area contributed by atoms with Gasteiger partial charge in [-0.1, -0.05) is 12.8 Å². The summed E-state index contributed by atoms with van der Waals surface area (Å²) >= 11 is 0. The molecule has 1 N–H and O–H groups in total. The van der Waals surface area contributed by atoms with Crippen LogP contribution in [0.3, 0.4) is 0 Å². The van der Waals surface area contributed by atoms with Gasteiger partial charge >= 0.3 is 0 Å². The van der Waals surface area contributed by atoms with E-state index in [0.717, 1.165) is 35.8 Å². The minimum atomic E-state index is 0.459. The van der Waals surface area contributed by atoms with E-state index in [9.17, 15) is 0 Å². The molecule has 152 valence electrons. The molecule has 0 bridgehead atoms. The van der Waals surface area contributed by atoms with Gasteiger partial charge in [0.1, 0.15) is 11.6 Å². The van der Waals surface area contributed by atoms with E-state index in [-0.39, 0.29) is 0 Å². The molecule has 7 heteroatoms. The minimum Gasteiger partial charge on any atom is -0.497 e. The van der Waals surface area contributed by atoms with Gasteiger partial charge in [-0.25, -0.2) is 4.98 Å². The zero-order valence-electron chi connectivity index (χ0n) is 16.8. The number of nitrogens with zero attached hydrogens (tertiary/aromatic N) is 4. The summed E-state index contributed by atoms with van der Waals surface area (Å²) in [4.78, 5) is 7.01. The molecule has 0 spiro atoms. The van der Waals surface area contributed by atoms with E-state index in [0.29, 0.717) is 11.8 Å². The number of pyridine rings is 1. The molecule has 1 fully saturated rings. The van der Waals surface area contributed by atoms with Crippen LogP contribution in [0.25, 0.3) is 22.9 Å². The number of methoxy groups -OCH3 is 1. The van der Waals surface area contributed by atoms with Crippen LogP contribution < -0.4 is 10.1 Å². The number of anilines is 1. The monoisotopic (exact) mass is 393 g/mol. The highest BCUT2D eigenvalue weighted by molar-refractivity contribution is 5.69. The fourth-order valence-electron chi connectivity index (χ4n) is 3.59. The molecule has 1 aromatic carbocycles. The second-order valence-electron chi connectivity index (χ2n) is 7.22. The lowest BCUT2D eigenvalue weighted by molar-refractivity contribution is 0.296. The van der Waals surface area contributed by atoms with Gasteiger partial charge < -0.3 is 19.4 Å². The van der Waals surface area contributed by atoms with Crippen LogP contribution in [0.5, 0.6) is 5.75 Å². The van der Waals surface area contributed by atoms with Gasteiger partial charge in [0.2, 0.25) is 5.89 Å². The summed E-state index contributed by atoms with van der Waals surface area (Å²) in [6.07, 6.45) is 7.07. The van der Waals surface area contributed by atoms with Crippen molar-refractivity contribution in [2.45, 2.75) is 25.7 Å². The van der Waals surface area contributed by atoms with Crippen LogP contribution in [0, 0.1) is 0 Å². The van der Waals surface area contributed by atoms with Crippen LogP contribution in [-0.4, -0.2) is 53.4 Å². The third-order valence-corrected chi connectivity index (χ3v) is 5.22. The average molecular weight is 393 g/mol.